The zero-order valence-electron chi connectivity index (χ0n) is 18.4. The molecule has 0 fully saturated rings. The molecule has 0 aromatic heterocycles. The lowest BCUT2D eigenvalue weighted by Gasteiger charge is -2.37. The first-order valence-corrected chi connectivity index (χ1v) is 11.0. The van der Waals surface area contributed by atoms with Gasteiger partial charge in [-0.1, -0.05) is 6.07 Å². The molecule has 4 rings (SSSR count). The molecule has 0 N–H and O–H groups in total. The van der Waals surface area contributed by atoms with Crippen LogP contribution in [0.15, 0.2) is 24.3 Å². The van der Waals surface area contributed by atoms with Gasteiger partial charge in [0.05, 0.1) is 32.5 Å². The van der Waals surface area contributed by atoms with Gasteiger partial charge in [-0.25, -0.2) is 0 Å². The Kier molecular flexibility index (Phi) is 6.07. The lowest BCUT2D eigenvalue weighted by Crippen LogP contribution is -2.41. The molecule has 2 aromatic carbocycles. The topological polar surface area (TPSA) is 40.2 Å². The Morgan fingerprint density at radius 1 is 0.833 bits per heavy atom. The highest BCUT2D eigenvalue weighted by Gasteiger charge is 2.28. The molecule has 0 spiro atoms. The molecular weight excluding hydrogens is 378 g/mol. The van der Waals surface area contributed by atoms with E-state index < -0.39 is 0 Å². The third-order valence-corrected chi connectivity index (χ3v) is 5.54. The summed E-state index contributed by atoms with van der Waals surface area (Å²) in [4.78, 5) is 2.39. The number of hydrogen-bond acceptors (Lipinski definition) is 5. The van der Waals surface area contributed by atoms with Crippen LogP contribution in [0, 0.1) is 0 Å². The summed E-state index contributed by atoms with van der Waals surface area (Å²) < 4.78 is 23.5. The van der Waals surface area contributed by atoms with Crippen LogP contribution in [0.1, 0.15) is 44.9 Å². The Morgan fingerprint density at radius 2 is 1.50 bits per heavy atom. The van der Waals surface area contributed by atoms with Crippen LogP contribution in [-0.2, 0) is 6.42 Å². The van der Waals surface area contributed by atoms with Gasteiger partial charge < -0.3 is 23.8 Å². The van der Waals surface area contributed by atoms with Gasteiger partial charge in [-0.05, 0) is 74.7 Å². The molecule has 5 heteroatoms. The Bertz CT molecular complexity index is 1030. The van der Waals surface area contributed by atoms with E-state index in [1.165, 1.54) is 16.3 Å². The monoisotopic (exact) mass is 409 g/mol. The van der Waals surface area contributed by atoms with Gasteiger partial charge in [0, 0.05) is 18.0 Å². The van der Waals surface area contributed by atoms with Gasteiger partial charge in [0.1, 0.15) is 0 Å². The Hall–Kier alpha value is -2.82. The highest BCUT2D eigenvalue weighted by atomic mass is 16.5. The summed E-state index contributed by atoms with van der Waals surface area (Å²) in [5, 5.41) is 2.27. The molecule has 2 heterocycles. The maximum Gasteiger partial charge on any atom is 0.170 e. The Balaban J connectivity index is 1.82. The van der Waals surface area contributed by atoms with Gasteiger partial charge >= 0.3 is 0 Å². The zero-order valence-corrected chi connectivity index (χ0v) is 18.4. The smallest absolute Gasteiger partial charge is 0.170 e. The minimum Gasteiger partial charge on any atom is -0.490 e. The second kappa shape index (κ2) is 8.90. The number of benzene rings is 2. The maximum absolute atomic E-state index is 5.99. The van der Waals surface area contributed by atoms with Crippen LogP contribution >= 0.6 is 0 Å². The van der Waals surface area contributed by atoms with Crippen LogP contribution in [0.4, 0.5) is 0 Å². The molecular formula is C25H31NO4. The zero-order chi connectivity index (χ0) is 21.1. The average Bonchev–Trinajstić information content (AvgIpc) is 2.75. The first kappa shape index (κ1) is 20.5. The summed E-state index contributed by atoms with van der Waals surface area (Å²) in [5.41, 5.74) is 2.61. The maximum atomic E-state index is 5.99. The summed E-state index contributed by atoms with van der Waals surface area (Å²) in [7, 11) is 0. The first-order valence-electron chi connectivity index (χ1n) is 11.0. The summed E-state index contributed by atoms with van der Waals surface area (Å²) in [6.45, 7) is 11.4. The van der Waals surface area contributed by atoms with Gasteiger partial charge in [0.15, 0.2) is 23.0 Å². The summed E-state index contributed by atoms with van der Waals surface area (Å²) in [5.74, 6) is 3.30. The van der Waals surface area contributed by atoms with E-state index in [1.807, 2.05) is 33.8 Å². The minimum absolute atomic E-state index is 0.170. The van der Waals surface area contributed by atoms with Crippen LogP contribution in [0.3, 0.4) is 0 Å². The van der Waals surface area contributed by atoms with Gasteiger partial charge in [-0.3, -0.25) is 0 Å². The van der Waals surface area contributed by atoms with E-state index in [-0.39, 0.29) is 6.04 Å². The largest absolute Gasteiger partial charge is 0.490 e. The molecule has 160 valence electrons. The molecule has 0 radical (unpaired) electrons. The molecule has 0 bridgehead atoms. The second-order valence-corrected chi connectivity index (χ2v) is 7.35. The molecule has 2 aromatic rings. The van der Waals surface area contributed by atoms with Crippen molar-refractivity contribution in [3.8, 4) is 23.0 Å². The fourth-order valence-corrected chi connectivity index (χ4v) is 4.32. The molecule has 1 unspecified atom stereocenters. The fourth-order valence-electron chi connectivity index (χ4n) is 4.32. The summed E-state index contributed by atoms with van der Waals surface area (Å²) >= 11 is 0. The molecule has 0 aliphatic carbocycles. The molecule has 30 heavy (non-hydrogen) atoms. The normalized spacial score (nSPS) is 16.4. The van der Waals surface area contributed by atoms with E-state index in [4.69, 9.17) is 18.9 Å². The third-order valence-electron chi connectivity index (χ3n) is 5.54. The fraction of sp³-hybridized carbons (Fsp3) is 0.440. The van der Waals surface area contributed by atoms with Crippen molar-refractivity contribution < 1.29 is 18.9 Å². The molecule has 2 aliphatic rings. The molecule has 2 aliphatic heterocycles. The van der Waals surface area contributed by atoms with Crippen molar-refractivity contribution in [3.63, 3.8) is 0 Å². The van der Waals surface area contributed by atoms with Crippen LogP contribution < -0.4 is 29.4 Å². The van der Waals surface area contributed by atoms with E-state index in [1.54, 1.807) is 0 Å². The first-order chi connectivity index (χ1) is 14.7. The van der Waals surface area contributed by atoms with Crippen molar-refractivity contribution in [1.29, 1.82) is 0 Å². The van der Waals surface area contributed by atoms with Gasteiger partial charge in [-0.2, -0.15) is 0 Å². The van der Waals surface area contributed by atoms with E-state index in [2.05, 4.69) is 35.4 Å². The highest BCUT2D eigenvalue weighted by Crippen LogP contribution is 2.40. The Labute approximate surface area is 178 Å². The van der Waals surface area contributed by atoms with Crippen LogP contribution in [0.25, 0.3) is 12.3 Å². The number of ether oxygens (including phenoxy) is 4. The van der Waals surface area contributed by atoms with Crippen molar-refractivity contribution in [1.82, 2.24) is 4.90 Å². The number of hydrogen-bond donors (Lipinski definition) is 0. The van der Waals surface area contributed by atoms with Gasteiger partial charge in [-0.15, -0.1) is 0 Å². The lowest BCUT2D eigenvalue weighted by molar-refractivity contribution is 0.281. The number of nitrogens with zero attached hydrogens (tertiary/aromatic N) is 1. The third kappa shape index (κ3) is 3.69. The summed E-state index contributed by atoms with van der Waals surface area (Å²) in [6, 6.07) is 8.63. The van der Waals surface area contributed by atoms with Crippen LogP contribution in [0.5, 0.6) is 23.0 Å². The van der Waals surface area contributed by atoms with Crippen LogP contribution in [0.2, 0.25) is 0 Å². The van der Waals surface area contributed by atoms with Crippen molar-refractivity contribution in [3.05, 3.63) is 45.8 Å². The van der Waals surface area contributed by atoms with Gasteiger partial charge in [0.25, 0.3) is 0 Å². The van der Waals surface area contributed by atoms with E-state index in [0.717, 1.165) is 41.2 Å². The SMILES string of the molecule is CCOc1cc2c(cc1OCC)C1C=c3ccc(OCC)c(OCC)c3=CN1CC2. The minimum atomic E-state index is 0.170. The van der Waals surface area contributed by atoms with Crippen molar-refractivity contribution in [2.45, 2.75) is 40.2 Å². The summed E-state index contributed by atoms with van der Waals surface area (Å²) in [6.07, 6.45) is 5.52. The van der Waals surface area contributed by atoms with Gasteiger partial charge in [0.2, 0.25) is 0 Å². The standard InChI is InChI=1S/C25H31NO4/c1-5-27-22-10-9-17-13-21-19-15-24(29-7-3)23(28-6-2)14-18(19)11-12-26(21)16-20(17)25(22)30-8-4/h9-10,13-16,21H,5-8,11-12H2,1-4H3. The van der Waals surface area contributed by atoms with E-state index >= 15 is 0 Å². The second-order valence-electron chi connectivity index (χ2n) is 7.35. The number of fused-ring (bicyclic) bond motifs is 4. The Morgan fingerprint density at radius 3 is 2.20 bits per heavy atom. The quantitative estimate of drug-likeness (QED) is 0.668. The molecule has 0 saturated carbocycles. The lowest BCUT2D eigenvalue weighted by atomic mass is 9.90. The average molecular weight is 410 g/mol. The highest BCUT2D eigenvalue weighted by molar-refractivity contribution is 5.59. The molecule has 0 saturated heterocycles. The predicted molar refractivity (Wildman–Crippen MR) is 119 cm³/mol. The molecule has 5 nitrogen and oxygen atoms in total. The van der Waals surface area contributed by atoms with Crippen LogP contribution in [-0.4, -0.2) is 37.9 Å². The molecule has 0 amide bonds. The van der Waals surface area contributed by atoms with E-state index in [9.17, 15) is 0 Å². The van der Waals surface area contributed by atoms with Crippen molar-refractivity contribution in [2.24, 2.45) is 0 Å². The van der Waals surface area contributed by atoms with Crippen molar-refractivity contribution in [2.75, 3.05) is 33.0 Å². The molecule has 1 atom stereocenters. The van der Waals surface area contributed by atoms with E-state index in [0.29, 0.717) is 26.4 Å². The van der Waals surface area contributed by atoms with Crippen molar-refractivity contribution >= 4 is 12.3 Å². The number of rotatable bonds is 8. The predicted octanol–water partition coefficient (Wildman–Crippen LogP) is 3.41.